The van der Waals surface area contributed by atoms with E-state index in [0.717, 1.165) is 39.0 Å². The third-order valence-electron chi connectivity index (χ3n) is 7.24. The largest absolute Gasteiger partial charge is 0.322 e. The SMILES string of the molecule is CN1CCN(C(=O)Nc2ccc(Cl)c(Cl)c2)CC1.Fc1ccc2c(c1)CCC(N1CCCCC1)C2. The molecule has 2 aliphatic heterocycles. The van der Waals surface area contributed by atoms with Gasteiger partial charge in [-0.2, -0.15) is 0 Å². The lowest BCUT2D eigenvalue weighted by atomic mass is 9.86. The average molecular weight is 522 g/mol. The van der Waals surface area contributed by atoms with E-state index in [1.165, 1.54) is 49.9 Å². The highest BCUT2D eigenvalue weighted by Crippen LogP contribution is 2.27. The number of amides is 2. The zero-order chi connectivity index (χ0) is 24.8. The van der Waals surface area contributed by atoms with E-state index >= 15 is 0 Å². The molecule has 1 unspecified atom stereocenters. The standard InChI is InChI=1S/C15H20FN.C12H15Cl2N3O/c16-14-6-4-13-11-15(7-5-12(13)10-14)17-8-2-1-3-9-17;1-16-4-6-17(7-5-16)12(18)15-9-2-3-10(13)11(14)8-9/h4,6,10,15H,1-3,5,7-9,11H2;2-3,8H,4-7H2,1H3,(H,15,18). The van der Waals surface area contributed by atoms with Crippen molar-refractivity contribution in [2.45, 2.75) is 44.6 Å². The summed E-state index contributed by atoms with van der Waals surface area (Å²) < 4.78 is 13.1. The molecule has 35 heavy (non-hydrogen) atoms. The minimum absolute atomic E-state index is 0.0832. The molecule has 1 N–H and O–H groups in total. The lowest BCUT2D eigenvalue weighted by molar-refractivity contribution is 0.150. The molecule has 0 radical (unpaired) electrons. The fourth-order valence-electron chi connectivity index (χ4n) is 5.09. The summed E-state index contributed by atoms with van der Waals surface area (Å²) in [4.78, 5) is 18.6. The van der Waals surface area contributed by atoms with Crippen LogP contribution in [-0.2, 0) is 12.8 Å². The number of likely N-dealkylation sites (N-methyl/N-ethyl adjacent to an activating group) is 1. The molecule has 0 aromatic heterocycles. The number of likely N-dealkylation sites (tertiary alicyclic amines) is 1. The van der Waals surface area contributed by atoms with Gasteiger partial charge in [0.15, 0.2) is 0 Å². The number of aryl methyl sites for hydroxylation is 1. The maximum atomic E-state index is 13.1. The number of hydrogen-bond acceptors (Lipinski definition) is 3. The van der Waals surface area contributed by atoms with Gasteiger partial charge in [0.05, 0.1) is 10.0 Å². The van der Waals surface area contributed by atoms with Crippen molar-refractivity contribution in [3.63, 3.8) is 0 Å². The first kappa shape index (κ1) is 26.2. The van der Waals surface area contributed by atoms with E-state index in [2.05, 4.69) is 15.1 Å². The lowest BCUT2D eigenvalue weighted by Crippen LogP contribution is -2.48. The predicted octanol–water partition coefficient (Wildman–Crippen LogP) is 5.94. The van der Waals surface area contributed by atoms with Crippen molar-refractivity contribution in [3.05, 3.63) is 63.4 Å². The fourth-order valence-corrected chi connectivity index (χ4v) is 5.38. The van der Waals surface area contributed by atoms with Crippen LogP contribution in [0.15, 0.2) is 36.4 Å². The first-order valence-electron chi connectivity index (χ1n) is 12.6. The molecule has 8 heteroatoms. The predicted molar refractivity (Wildman–Crippen MR) is 142 cm³/mol. The van der Waals surface area contributed by atoms with Crippen LogP contribution in [0.4, 0.5) is 14.9 Å². The molecule has 0 saturated carbocycles. The van der Waals surface area contributed by atoms with Crippen molar-refractivity contribution in [2.24, 2.45) is 0 Å². The Labute approximate surface area is 218 Å². The summed E-state index contributed by atoms with van der Waals surface area (Å²) in [6, 6.07) is 11.0. The van der Waals surface area contributed by atoms with Crippen molar-refractivity contribution in [1.82, 2.24) is 14.7 Å². The second kappa shape index (κ2) is 12.4. The number of nitrogens with one attached hydrogen (secondary N) is 1. The number of anilines is 1. The van der Waals surface area contributed by atoms with Crippen LogP contribution in [0.1, 0.15) is 36.8 Å². The molecular formula is C27H35Cl2FN4O. The maximum Gasteiger partial charge on any atom is 0.321 e. The monoisotopic (exact) mass is 520 g/mol. The van der Waals surface area contributed by atoms with Gasteiger partial charge in [0.2, 0.25) is 0 Å². The van der Waals surface area contributed by atoms with Gasteiger partial charge in [0.1, 0.15) is 5.82 Å². The third kappa shape index (κ3) is 7.32. The second-order valence-electron chi connectivity index (χ2n) is 9.76. The lowest BCUT2D eigenvalue weighted by Gasteiger charge is -2.37. The van der Waals surface area contributed by atoms with Gasteiger partial charge in [-0.05, 0) is 93.7 Å². The summed E-state index contributed by atoms with van der Waals surface area (Å²) in [5, 5.41) is 3.74. The Kier molecular flexibility index (Phi) is 9.28. The molecule has 3 aliphatic rings. The van der Waals surface area contributed by atoms with Gasteiger partial charge in [-0.3, -0.25) is 0 Å². The van der Waals surface area contributed by atoms with Gasteiger partial charge in [-0.1, -0.05) is 35.7 Å². The number of carbonyl (C=O) groups is 1. The number of benzene rings is 2. The van der Waals surface area contributed by atoms with E-state index in [-0.39, 0.29) is 11.8 Å². The number of hydrogen-bond donors (Lipinski definition) is 1. The molecule has 0 spiro atoms. The maximum absolute atomic E-state index is 13.1. The van der Waals surface area contributed by atoms with Gasteiger partial charge in [-0.25, -0.2) is 9.18 Å². The molecule has 2 heterocycles. The molecular weight excluding hydrogens is 486 g/mol. The second-order valence-corrected chi connectivity index (χ2v) is 10.6. The van der Waals surface area contributed by atoms with Crippen molar-refractivity contribution >= 4 is 34.9 Å². The number of halogens is 3. The molecule has 0 bridgehead atoms. The van der Waals surface area contributed by atoms with E-state index in [1.54, 1.807) is 35.2 Å². The molecule has 2 saturated heterocycles. The summed E-state index contributed by atoms with van der Waals surface area (Å²) in [6.45, 7) is 5.80. The number of urea groups is 1. The smallest absolute Gasteiger partial charge is 0.321 e. The first-order chi connectivity index (χ1) is 16.9. The van der Waals surface area contributed by atoms with Crippen LogP contribution in [0.2, 0.25) is 10.0 Å². The first-order valence-corrected chi connectivity index (χ1v) is 13.4. The summed E-state index contributed by atoms with van der Waals surface area (Å²) in [6.07, 6.45) is 7.48. The van der Waals surface area contributed by atoms with Crippen molar-refractivity contribution in [3.8, 4) is 0 Å². The highest BCUT2D eigenvalue weighted by atomic mass is 35.5. The van der Waals surface area contributed by atoms with E-state index in [1.807, 2.05) is 13.1 Å². The Balaban J connectivity index is 0.000000165. The molecule has 5 rings (SSSR count). The van der Waals surface area contributed by atoms with Gasteiger partial charge >= 0.3 is 6.03 Å². The van der Waals surface area contributed by atoms with Crippen LogP contribution in [0.5, 0.6) is 0 Å². The van der Waals surface area contributed by atoms with E-state index in [4.69, 9.17) is 23.2 Å². The van der Waals surface area contributed by atoms with Crippen molar-refractivity contribution in [1.29, 1.82) is 0 Å². The third-order valence-corrected chi connectivity index (χ3v) is 7.98. The number of fused-ring (bicyclic) bond motifs is 1. The van der Waals surface area contributed by atoms with Gasteiger partial charge in [0.25, 0.3) is 0 Å². The van der Waals surface area contributed by atoms with Crippen molar-refractivity contribution < 1.29 is 9.18 Å². The van der Waals surface area contributed by atoms with Crippen LogP contribution in [0.3, 0.4) is 0 Å². The minimum atomic E-state index is -0.0958. The summed E-state index contributed by atoms with van der Waals surface area (Å²) in [7, 11) is 2.05. The van der Waals surface area contributed by atoms with E-state index in [9.17, 15) is 9.18 Å². The Morgan fingerprint density at radius 3 is 2.37 bits per heavy atom. The van der Waals surface area contributed by atoms with Gasteiger partial charge in [0, 0.05) is 37.9 Å². The zero-order valence-electron chi connectivity index (χ0n) is 20.4. The molecule has 2 fully saturated rings. The number of carbonyl (C=O) groups excluding carboxylic acids is 1. The Hall–Kier alpha value is -1.86. The van der Waals surface area contributed by atoms with E-state index < -0.39 is 0 Å². The molecule has 190 valence electrons. The molecule has 1 aliphatic carbocycles. The zero-order valence-corrected chi connectivity index (χ0v) is 21.9. The Morgan fingerprint density at radius 2 is 1.66 bits per heavy atom. The Bertz CT molecular complexity index is 1010. The summed E-state index contributed by atoms with van der Waals surface area (Å²) >= 11 is 11.7. The molecule has 1 atom stereocenters. The van der Waals surface area contributed by atoms with E-state index in [0.29, 0.717) is 21.8 Å². The van der Waals surface area contributed by atoms with Gasteiger partial charge in [-0.15, -0.1) is 0 Å². The minimum Gasteiger partial charge on any atom is -0.322 e. The molecule has 2 aromatic rings. The number of rotatable bonds is 2. The summed E-state index contributed by atoms with van der Waals surface area (Å²) in [5.74, 6) is -0.0832. The number of piperazine rings is 1. The van der Waals surface area contributed by atoms with Crippen LogP contribution in [0.25, 0.3) is 0 Å². The van der Waals surface area contributed by atoms with Crippen LogP contribution >= 0.6 is 23.2 Å². The number of piperidine rings is 1. The highest BCUT2D eigenvalue weighted by Gasteiger charge is 2.25. The number of nitrogens with zero attached hydrogens (tertiary/aromatic N) is 3. The van der Waals surface area contributed by atoms with Crippen LogP contribution in [0, 0.1) is 5.82 Å². The Morgan fingerprint density at radius 1 is 0.914 bits per heavy atom. The average Bonchev–Trinajstić information content (AvgIpc) is 2.87. The molecule has 5 nitrogen and oxygen atoms in total. The molecule has 2 aromatic carbocycles. The summed E-state index contributed by atoms with van der Waals surface area (Å²) in [5.41, 5.74) is 3.26. The van der Waals surface area contributed by atoms with Gasteiger partial charge < -0.3 is 20.0 Å². The highest BCUT2D eigenvalue weighted by molar-refractivity contribution is 6.42. The van der Waals surface area contributed by atoms with Crippen LogP contribution < -0.4 is 5.32 Å². The molecule has 2 amide bonds. The quantitative estimate of drug-likeness (QED) is 0.532. The normalized spacial score (nSPS) is 21.0. The van der Waals surface area contributed by atoms with Crippen molar-refractivity contribution in [2.75, 3.05) is 51.6 Å². The topological polar surface area (TPSA) is 38.8 Å². The fraction of sp³-hybridized carbons (Fsp3) is 0.519. The van der Waals surface area contributed by atoms with Crippen LogP contribution in [-0.4, -0.2) is 73.1 Å².